The number of nitrogens with one attached hydrogen (secondary N) is 1. The molecule has 6 nitrogen and oxygen atoms in total. The molecular formula is C21H30N2O4S. The highest BCUT2D eigenvalue weighted by Gasteiger charge is 2.60. The number of rotatable bonds is 5. The molecule has 154 valence electrons. The molecule has 3 N–H and O–H groups in total. The van der Waals surface area contributed by atoms with Crippen LogP contribution in [-0.4, -0.2) is 30.7 Å². The Bertz CT molecular complexity index is 879. The van der Waals surface area contributed by atoms with Crippen molar-refractivity contribution in [1.82, 2.24) is 5.32 Å². The Hall–Kier alpha value is -1.60. The lowest BCUT2D eigenvalue weighted by molar-refractivity contribution is -0.137. The van der Waals surface area contributed by atoms with E-state index in [1.165, 1.54) is 0 Å². The third-order valence-corrected chi connectivity index (χ3v) is 8.73. The molecule has 2 atom stereocenters. The van der Waals surface area contributed by atoms with E-state index in [1.54, 1.807) is 13.8 Å². The van der Waals surface area contributed by atoms with Gasteiger partial charge in [-0.05, 0) is 88.3 Å². The van der Waals surface area contributed by atoms with E-state index in [1.807, 2.05) is 31.2 Å². The van der Waals surface area contributed by atoms with Gasteiger partial charge in [0, 0.05) is 6.04 Å². The van der Waals surface area contributed by atoms with Gasteiger partial charge >= 0.3 is 0 Å². The molecule has 0 saturated heterocycles. The molecule has 0 spiro atoms. The Morgan fingerprint density at radius 1 is 1.21 bits per heavy atom. The molecule has 4 saturated carbocycles. The Balaban J connectivity index is 1.48. The van der Waals surface area contributed by atoms with Gasteiger partial charge in [0.2, 0.25) is 10.0 Å². The number of nitrogens with two attached hydrogens (primary N) is 1. The smallest absolute Gasteiger partial charge is 0.263 e. The summed E-state index contributed by atoms with van der Waals surface area (Å²) in [6.45, 7) is 5.52. The summed E-state index contributed by atoms with van der Waals surface area (Å²) in [5.41, 5.74) is 0.0585. The van der Waals surface area contributed by atoms with Crippen molar-refractivity contribution in [1.29, 1.82) is 0 Å². The normalized spacial score (nSPS) is 34.3. The van der Waals surface area contributed by atoms with Crippen LogP contribution in [0.2, 0.25) is 0 Å². The summed E-state index contributed by atoms with van der Waals surface area (Å²) in [5.74, 6) is 1.25. The fourth-order valence-electron chi connectivity index (χ4n) is 5.88. The first-order valence-corrected chi connectivity index (χ1v) is 11.6. The Morgan fingerprint density at radius 3 is 2.43 bits per heavy atom. The van der Waals surface area contributed by atoms with Crippen molar-refractivity contribution in [3.05, 3.63) is 29.8 Å². The summed E-state index contributed by atoms with van der Waals surface area (Å²) < 4.78 is 29.8. The number of benzene rings is 1. The van der Waals surface area contributed by atoms with E-state index in [0.717, 1.165) is 18.4 Å². The number of hydrogen-bond donors (Lipinski definition) is 2. The summed E-state index contributed by atoms with van der Waals surface area (Å²) in [6, 6.07) is 7.65. The number of ether oxygens (including phenoxy) is 1. The number of aryl methyl sites for hydroxylation is 1. The van der Waals surface area contributed by atoms with Crippen molar-refractivity contribution < 1.29 is 17.9 Å². The van der Waals surface area contributed by atoms with Gasteiger partial charge in [0.1, 0.15) is 5.75 Å². The van der Waals surface area contributed by atoms with E-state index in [9.17, 15) is 13.2 Å². The molecule has 0 aliphatic heterocycles. The zero-order valence-electron chi connectivity index (χ0n) is 16.8. The molecule has 1 aromatic carbocycles. The quantitative estimate of drug-likeness (QED) is 0.785. The predicted octanol–water partition coefficient (Wildman–Crippen LogP) is 2.50. The summed E-state index contributed by atoms with van der Waals surface area (Å²) in [4.78, 5) is 13.0. The molecule has 4 bridgehead atoms. The van der Waals surface area contributed by atoms with Crippen molar-refractivity contribution in [3.8, 4) is 5.75 Å². The topological polar surface area (TPSA) is 98.5 Å². The van der Waals surface area contributed by atoms with Crippen LogP contribution in [0.4, 0.5) is 0 Å². The highest BCUT2D eigenvalue weighted by Crippen LogP contribution is 2.58. The van der Waals surface area contributed by atoms with Crippen molar-refractivity contribution in [2.45, 2.75) is 69.3 Å². The number of primary sulfonamides is 1. The zero-order valence-corrected chi connectivity index (χ0v) is 17.6. The second-order valence-electron chi connectivity index (χ2n) is 9.63. The van der Waals surface area contributed by atoms with Crippen molar-refractivity contribution in [2.24, 2.45) is 22.9 Å². The van der Waals surface area contributed by atoms with Gasteiger partial charge in [0.15, 0.2) is 5.60 Å². The van der Waals surface area contributed by atoms with E-state index in [2.05, 4.69) is 5.32 Å². The minimum Gasteiger partial charge on any atom is -0.478 e. The first-order valence-electron chi connectivity index (χ1n) is 10.1. The molecule has 0 radical (unpaired) electrons. The Morgan fingerprint density at radius 2 is 1.86 bits per heavy atom. The maximum absolute atomic E-state index is 13.0. The third-order valence-electron chi connectivity index (χ3n) is 7.03. The van der Waals surface area contributed by atoms with Gasteiger partial charge < -0.3 is 10.1 Å². The first-order chi connectivity index (χ1) is 13.0. The van der Waals surface area contributed by atoms with E-state index < -0.39 is 20.4 Å². The maximum atomic E-state index is 13.0. The van der Waals surface area contributed by atoms with Crippen molar-refractivity contribution >= 4 is 15.9 Å². The molecule has 4 aliphatic carbocycles. The predicted molar refractivity (Wildman–Crippen MR) is 107 cm³/mol. The number of carbonyl (C=O) groups is 1. The molecule has 0 heterocycles. The fraction of sp³-hybridized carbons (Fsp3) is 0.667. The summed E-state index contributed by atoms with van der Waals surface area (Å²) in [7, 11) is -3.58. The van der Waals surface area contributed by atoms with Crippen LogP contribution in [0.5, 0.6) is 5.75 Å². The largest absolute Gasteiger partial charge is 0.478 e. The van der Waals surface area contributed by atoms with E-state index in [0.29, 0.717) is 30.9 Å². The fourth-order valence-corrected chi connectivity index (χ4v) is 7.24. The van der Waals surface area contributed by atoms with Gasteiger partial charge in [-0.3, -0.25) is 4.79 Å². The van der Waals surface area contributed by atoms with E-state index in [4.69, 9.17) is 9.88 Å². The first kappa shape index (κ1) is 19.7. The van der Waals surface area contributed by atoms with Gasteiger partial charge in [-0.1, -0.05) is 12.1 Å². The number of hydrogen-bond acceptors (Lipinski definition) is 4. The lowest BCUT2D eigenvalue weighted by Crippen LogP contribution is -2.66. The second kappa shape index (κ2) is 6.46. The zero-order chi connectivity index (χ0) is 20.3. The summed E-state index contributed by atoms with van der Waals surface area (Å²) in [6.07, 6.45) is 3.74. The second-order valence-corrected chi connectivity index (χ2v) is 11.6. The van der Waals surface area contributed by atoms with Crippen LogP contribution < -0.4 is 15.2 Å². The SMILES string of the molecule is Cc1cccc(OC(C)(C)C(=O)NC2C3CC4CC2CC(S(N)(=O)=O)(C4)C3)c1. The molecule has 7 heteroatoms. The van der Waals surface area contributed by atoms with Gasteiger partial charge in [-0.2, -0.15) is 0 Å². The Kier molecular flexibility index (Phi) is 4.54. The minimum atomic E-state index is -3.58. The van der Waals surface area contributed by atoms with E-state index >= 15 is 0 Å². The van der Waals surface area contributed by atoms with Crippen LogP contribution in [0.1, 0.15) is 51.5 Å². The van der Waals surface area contributed by atoms with Gasteiger partial charge in [-0.15, -0.1) is 0 Å². The molecular weight excluding hydrogens is 376 g/mol. The standard InChI is InChI=1S/C21H30N2O4S/c1-13-5-4-6-17(7-13)27-20(2,3)19(24)23-18-15-8-14-9-16(18)12-21(10-14,11-15)28(22,25)26/h4-7,14-16,18H,8-12H2,1-3H3,(H,23,24)(H2,22,25,26). The van der Waals surface area contributed by atoms with Crippen LogP contribution in [0.25, 0.3) is 0 Å². The van der Waals surface area contributed by atoms with Gasteiger partial charge in [-0.25, -0.2) is 13.6 Å². The number of carbonyl (C=O) groups excluding carboxylic acids is 1. The third kappa shape index (κ3) is 3.32. The Labute approximate surface area is 167 Å². The van der Waals surface area contributed by atoms with Crippen LogP contribution in [0, 0.1) is 24.7 Å². The molecule has 4 aliphatic rings. The molecule has 5 rings (SSSR count). The highest BCUT2D eigenvalue weighted by atomic mass is 32.2. The van der Waals surface area contributed by atoms with E-state index in [-0.39, 0.29) is 23.8 Å². The number of amides is 1. The lowest BCUT2D eigenvalue weighted by atomic mass is 9.53. The summed E-state index contributed by atoms with van der Waals surface area (Å²) in [5, 5.41) is 8.82. The molecule has 28 heavy (non-hydrogen) atoms. The van der Waals surface area contributed by atoms with Gasteiger partial charge in [0.05, 0.1) is 4.75 Å². The van der Waals surface area contributed by atoms with Crippen LogP contribution in [0.15, 0.2) is 24.3 Å². The average Bonchev–Trinajstić information content (AvgIpc) is 2.56. The summed E-state index contributed by atoms with van der Waals surface area (Å²) >= 11 is 0. The molecule has 1 aromatic rings. The molecule has 0 aromatic heterocycles. The van der Waals surface area contributed by atoms with Crippen LogP contribution >= 0.6 is 0 Å². The minimum absolute atomic E-state index is 0.000639. The average molecular weight is 407 g/mol. The highest BCUT2D eigenvalue weighted by molar-refractivity contribution is 7.90. The van der Waals surface area contributed by atoms with Crippen molar-refractivity contribution in [3.63, 3.8) is 0 Å². The van der Waals surface area contributed by atoms with Crippen molar-refractivity contribution in [2.75, 3.05) is 0 Å². The molecule has 2 unspecified atom stereocenters. The molecule has 4 fully saturated rings. The lowest BCUT2D eigenvalue weighted by Gasteiger charge is -2.59. The van der Waals surface area contributed by atoms with Crippen LogP contribution in [-0.2, 0) is 14.8 Å². The monoisotopic (exact) mass is 406 g/mol. The maximum Gasteiger partial charge on any atom is 0.263 e. The van der Waals surface area contributed by atoms with Gasteiger partial charge in [0.25, 0.3) is 5.91 Å². The molecule has 1 amide bonds. The van der Waals surface area contributed by atoms with Crippen LogP contribution in [0.3, 0.4) is 0 Å². The number of sulfonamides is 1.